The number of nitrogens with zero attached hydrogens (tertiary/aromatic N) is 1. The topological polar surface area (TPSA) is 121 Å². The van der Waals surface area contributed by atoms with Gasteiger partial charge in [-0.3, -0.25) is 4.90 Å². The van der Waals surface area contributed by atoms with Crippen LogP contribution >= 0.6 is 0 Å². The molecule has 0 spiro atoms. The summed E-state index contributed by atoms with van der Waals surface area (Å²) >= 11 is 0. The number of aromatic hydroxyl groups is 1. The van der Waals surface area contributed by atoms with E-state index in [-0.39, 0.29) is 10.6 Å². The van der Waals surface area contributed by atoms with E-state index >= 15 is 0 Å². The predicted molar refractivity (Wildman–Crippen MR) is 169 cm³/mol. The summed E-state index contributed by atoms with van der Waals surface area (Å²) < 4.78 is 47.3. The Morgan fingerprint density at radius 2 is 1.47 bits per heavy atom. The number of phenolic OH excluding ortho intramolecular Hbond substituents is 1. The van der Waals surface area contributed by atoms with E-state index in [0.717, 1.165) is 47.3 Å². The van der Waals surface area contributed by atoms with Gasteiger partial charge in [0.2, 0.25) is 0 Å². The lowest BCUT2D eigenvalue weighted by molar-refractivity contribution is 0.0403. The molecule has 0 atom stereocenters. The Bertz CT molecular complexity index is 1560. The predicted octanol–water partition coefficient (Wildman–Crippen LogP) is 5.10. The normalized spacial score (nSPS) is 11.7. The van der Waals surface area contributed by atoms with Crippen LogP contribution in [0.5, 0.6) is 23.0 Å². The lowest BCUT2D eigenvalue weighted by Crippen LogP contribution is -2.31. The fourth-order valence-corrected chi connectivity index (χ4v) is 5.18. The molecule has 0 aliphatic rings. The Balaban J connectivity index is 1.40. The van der Waals surface area contributed by atoms with E-state index < -0.39 is 9.84 Å². The zero-order valence-electron chi connectivity index (χ0n) is 24.7. The summed E-state index contributed by atoms with van der Waals surface area (Å²) in [5, 5.41) is 11.6. The van der Waals surface area contributed by atoms with Crippen LogP contribution in [-0.4, -0.2) is 83.9 Å². The van der Waals surface area contributed by atoms with Crippen molar-refractivity contribution in [3.63, 3.8) is 0 Å². The Morgan fingerprint density at radius 1 is 0.791 bits per heavy atom. The average molecular weight is 609 g/mol. The van der Waals surface area contributed by atoms with E-state index in [1.165, 1.54) is 6.26 Å². The zero-order chi connectivity index (χ0) is 30.7. The fourth-order valence-electron chi connectivity index (χ4n) is 4.55. The third-order valence-electron chi connectivity index (χ3n) is 6.90. The van der Waals surface area contributed by atoms with Gasteiger partial charge < -0.3 is 29.8 Å². The summed E-state index contributed by atoms with van der Waals surface area (Å²) in [7, 11) is -3.31. The minimum absolute atomic E-state index is 0.160. The van der Waals surface area contributed by atoms with Crippen molar-refractivity contribution in [1.29, 1.82) is 0 Å². The molecule has 43 heavy (non-hydrogen) atoms. The van der Waals surface area contributed by atoms with E-state index in [1.54, 1.807) is 36.4 Å². The van der Waals surface area contributed by atoms with Crippen LogP contribution in [0.15, 0.2) is 83.8 Å². The number of hydrogen-bond acceptors (Lipinski definition) is 9. The molecule has 0 amide bonds. The van der Waals surface area contributed by atoms with Crippen molar-refractivity contribution in [2.24, 2.45) is 5.73 Å². The molecule has 0 aliphatic heterocycles. The minimum Gasteiger partial charge on any atom is -0.508 e. The second kappa shape index (κ2) is 15.7. The maximum absolute atomic E-state index is 12.0. The third kappa shape index (κ3) is 9.41. The molecule has 4 aromatic rings. The summed E-state index contributed by atoms with van der Waals surface area (Å²) in [4.78, 5) is 2.51. The van der Waals surface area contributed by atoms with Crippen molar-refractivity contribution < 1.29 is 32.5 Å². The minimum atomic E-state index is -3.31. The number of nitrogens with two attached hydrogens (primary N) is 1. The summed E-state index contributed by atoms with van der Waals surface area (Å²) in [6, 6.07) is 23.1. The standard InChI is InChI=1S/C33H40N2O7S/c1-3-35(17-20-40-23-22-39-19-16-34)18-21-41-28-8-10-29(11-9-28)42-33-31(14-6-26-24-27(36)7-15-32(26)33)25-4-12-30(13-5-25)43(2,37)38/h4-15,24,36H,3,16-23,34H2,1-2H3. The molecule has 0 saturated heterocycles. The summed E-state index contributed by atoms with van der Waals surface area (Å²) in [6.07, 6.45) is 1.19. The molecule has 10 heteroatoms. The number of fused-ring (bicyclic) bond motifs is 1. The average Bonchev–Trinajstić information content (AvgIpc) is 3.00. The monoisotopic (exact) mass is 608 g/mol. The fraction of sp³-hybridized carbons (Fsp3) is 0.333. The first-order valence-electron chi connectivity index (χ1n) is 14.3. The molecule has 0 radical (unpaired) electrons. The molecule has 4 rings (SSSR count). The molecular weight excluding hydrogens is 568 g/mol. The molecular formula is C33H40N2O7S. The lowest BCUT2D eigenvalue weighted by atomic mass is 9.99. The third-order valence-corrected chi connectivity index (χ3v) is 8.03. The second-order valence-corrected chi connectivity index (χ2v) is 12.0. The zero-order valence-corrected chi connectivity index (χ0v) is 25.5. The van der Waals surface area contributed by atoms with Crippen LogP contribution in [0.3, 0.4) is 0 Å². The number of phenols is 1. The Kier molecular flexibility index (Phi) is 11.8. The molecule has 4 aromatic carbocycles. The van der Waals surface area contributed by atoms with Crippen molar-refractivity contribution in [3.05, 3.63) is 78.9 Å². The number of ether oxygens (including phenoxy) is 4. The summed E-state index contributed by atoms with van der Waals surface area (Å²) in [6.45, 7) is 7.92. The molecule has 0 saturated carbocycles. The van der Waals surface area contributed by atoms with E-state index in [9.17, 15) is 13.5 Å². The van der Waals surface area contributed by atoms with Gasteiger partial charge in [-0.25, -0.2) is 8.42 Å². The number of sulfone groups is 1. The number of rotatable bonds is 17. The Labute approximate surface area is 253 Å². The highest BCUT2D eigenvalue weighted by Crippen LogP contribution is 2.41. The first kappa shape index (κ1) is 32.2. The smallest absolute Gasteiger partial charge is 0.175 e. The van der Waals surface area contributed by atoms with Crippen LogP contribution in [0.1, 0.15) is 6.92 Å². The molecule has 0 heterocycles. The molecule has 3 N–H and O–H groups in total. The van der Waals surface area contributed by atoms with Gasteiger partial charge in [0.1, 0.15) is 29.6 Å². The first-order chi connectivity index (χ1) is 20.8. The van der Waals surface area contributed by atoms with E-state index in [2.05, 4.69) is 11.8 Å². The maximum Gasteiger partial charge on any atom is 0.175 e. The van der Waals surface area contributed by atoms with Crippen molar-refractivity contribution in [2.45, 2.75) is 11.8 Å². The second-order valence-electron chi connectivity index (χ2n) is 10.0. The van der Waals surface area contributed by atoms with Gasteiger partial charge in [0.25, 0.3) is 0 Å². The number of hydrogen-bond donors (Lipinski definition) is 2. The van der Waals surface area contributed by atoms with Gasteiger partial charge in [0, 0.05) is 36.8 Å². The Hall–Kier alpha value is -3.67. The van der Waals surface area contributed by atoms with Crippen LogP contribution in [0.2, 0.25) is 0 Å². The van der Waals surface area contributed by atoms with E-state index in [4.69, 9.17) is 24.7 Å². The van der Waals surface area contributed by atoms with Gasteiger partial charge in [0.15, 0.2) is 9.84 Å². The molecule has 230 valence electrons. The van der Waals surface area contributed by atoms with Crippen molar-refractivity contribution in [2.75, 3.05) is 65.5 Å². The quantitative estimate of drug-likeness (QED) is 0.158. The molecule has 0 aliphatic carbocycles. The van der Waals surface area contributed by atoms with Crippen LogP contribution in [-0.2, 0) is 19.3 Å². The highest BCUT2D eigenvalue weighted by atomic mass is 32.2. The van der Waals surface area contributed by atoms with Gasteiger partial charge in [0.05, 0.1) is 31.3 Å². The number of likely N-dealkylation sites (N-methyl/N-ethyl adjacent to an activating group) is 1. The van der Waals surface area contributed by atoms with Gasteiger partial charge in [-0.1, -0.05) is 25.1 Å². The lowest BCUT2D eigenvalue weighted by Gasteiger charge is -2.20. The van der Waals surface area contributed by atoms with E-state index in [0.29, 0.717) is 51.1 Å². The SMILES string of the molecule is CCN(CCOCCOCCN)CCOc1ccc(Oc2c(-c3ccc(S(C)(=O)=O)cc3)ccc3cc(O)ccc23)cc1. The summed E-state index contributed by atoms with van der Waals surface area (Å²) in [5.41, 5.74) is 7.01. The summed E-state index contributed by atoms with van der Waals surface area (Å²) in [5.74, 6) is 2.11. The highest BCUT2D eigenvalue weighted by molar-refractivity contribution is 7.90. The molecule has 0 bridgehead atoms. The highest BCUT2D eigenvalue weighted by Gasteiger charge is 2.15. The number of benzene rings is 4. The molecule has 0 aromatic heterocycles. The van der Waals surface area contributed by atoms with Crippen molar-refractivity contribution in [3.8, 4) is 34.1 Å². The Morgan fingerprint density at radius 3 is 2.14 bits per heavy atom. The van der Waals surface area contributed by atoms with Crippen LogP contribution in [0, 0.1) is 0 Å². The van der Waals surface area contributed by atoms with E-state index in [1.807, 2.05) is 42.5 Å². The molecule has 0 fully saturated rings. The van der Waals surface area contributed by atoms with Crippen molar-refractivity contribution >= 4 is 20.6 Å². The molecule has 0 unspecified atom stereocenters. The van der Waals surface area contributed by atoms with Crippen LogP contribution in [0.25, 0.3) is 21.9 Å². The van der Waals surface area contributed by atoms with Gasteiger partial charge in [-0.05, 0) is 78.2 Å². The van der Waals surface area contributed by atoms with Crippen LogP contribution in [0.4, 0.5) is 0 Å². The van der Waals surface area contributed by atoms with Gasteiger partial charge >= 0.3 is 0 Å². The first-order valence-corrected chi connectivity index (χ1v) is 16.2. The van der Waals surface area contributed by atoms with Gasteiger partial charge in [-0.15, -0.1) is 0 Å². The van der Waals surface area contributed by atoms with Crippen molar-refractivity contribution in [1.82, 2.24) is 4.90 Å². The van der Waals surface area contributed by atoms with Crippen LogP contribution < -0.4 is 15.2 Å². The largest absolute Gasteiger partial charge is 0.508 e. The maximum atomic E-state index is 12.0. The van der Waals surface area contributed by atoms with Gasteiger partial charge in [-0.2, -0.15) is 0 Å². The molecule has 9 nitrogen and oxygen atoms in total.